The van der Waals surface area contributed by atoms with Crippen molar-refractivity contribution in [2.75, 3.05) is 5.75 Å². The molecule has 3 aromatic rings. The van der Waals surface area contributed by atoms with Gasteiger partial charge in [-0.3, -0.25) is 9.36 Å². The summed E-state index contributed by atoms with van der Waals surface area (Å²) >= 11 is 1.43. The van der Waals surface area contributed by atoms with E-state index in [-0.39, 0.29) is 11.9 Å². The Kier molecular flexibility index (Phi) is 7.69. The van der Waals surface area contributed by atoms with Gasteiger partial charge in [-0.1, -0.05) is 73.1 Å². The summed E-state index contributed by atoms with van der Waals surface area (Å²) in [5.41, 5.74) is 4.61. The molecule has 0 saturated carbocycles. The molecule has 1 atom stereocenters. The fourth-order valence-electron chi connectivity index (χ4n) is 3.54. The Morgan fingerprint density at radius 2 is 1.90 bits per heavy atom. The molecule has 1 heterocycles. The van der Waals surface area contributed by atoms with Crippen LogP contribution in [0.2, 0.25) is 0 Å². The van der Waals surface area contributed by atoms with Gasteiger partial charge in [0.05, 0.1) is 11.4 Å². The fourth-order valence-corrected chi connectivity index (χ4v) is 4.31. The first-order chi connectivity index (χ1) is 14.5. The highest BCUT2D eigenvalue weighted by molar-refractivity contribution is 7.99. The summed E-state index contributed by atoms with van der Waals surface area (Å²) in [6.07, 6.45) is 2.72. The maximum atomic E-state index is 12.4. The molecule has 0 saturated heterocycles. The molecule has 158 valence electrons. The summed E-state index contributed by atoms with van der Waals surface area (Å²) < 4.78 is 2.09. The third kappa shape index (κ3) is 5.72. The smallest absolute Gasteiger partial charge is 0.230 e. The number of hydrogen-bond donors (Lipinski definition) is 1. The van der Waals surface area contributed by atoms with Crippen LogP contribution in [0.15, 0.2) is 53.7 Å². The van der Waals surface area contributed by atoms with E-state index in [1.165, 1.54) is 22.9 Å². The number of rotatable bonds is 9. The second-order valence-corrected chi connectivity index (χ2v) is 8.67. The molecule has 6 heteroatoms. The van der Waals surface area contributed by atoms with Crippen LogP contribution in [0.1, 0.15) is 49.2 Å². The lowest BCUT2D eigenvalue weighted by atomic mass is 10.1. The molecule has 0 bridgehead atoms. The Labute approximate surface area is 183 Å². The van der Waals surface area contributed by atoms with E-state index in [4.69, 9.17) is 0 Å². The minimum atomic E-state index is 0.0285. The number of amides is 1. The molecule has 0 aliphatic rings. The molecule has 2 aromatic carbocycles. The minimum absolute atomic E-state index is 0.0285. The number of hydrogen-bond acceptors (Lipinski definition) is 4. The fraction of sp³-hybridized carbons (Fsp3) is 0.375. The lowest BCUT2D eigenvalue weighted by Gasteiger charge is -2.15. The van der Waals surface area contributed by atoms with E-state index in [1.807, 2.05) is 25.1 Å². The summed E-state index contributed by atoms with van der Waals surface area (Å²) in [5, 5.41) is 12.7. The number of carbonyl (C=O) groups excluding carboxylic acids is 1. The molecule has 1 N–H and O–H groups in total. The van der Waals surface area contributed by atoms with Crippen molar-refractivity contribution in [2.45, 2.75) is 58.2 Å². The van der Waals surface area contributed by atoms with Gasteiger partial charge in [-0.05, 0) is 44.4 Å². The average molecular weight is 423 g/mol. The topological polar surface area (TPSA) is 59.8 Å². The lowest BCUT2D eigenvalue weighted by molar-refractivity contribution is -0.119. The Morgan fingerprint density at radius 1 is 1.13 bits per heavy atom. The monoisotopic (exact) mass is 422 g/mol. The first-order valence-electron chi connectivity index (χ1n) is 10.5. The van der Waals surface area contributed by atoms with Crippen LogP contribution in [0.25, 0.3) is 5.69 Å². The van der Waals surface area contributed by atoms with Crippen molar-refractivity contribution in [1.82, 2.24) is 20.1 Å². The van der Waals surface area contributed by atoms with E-state index < -0.39 is 0 Å². The van der Waals surface area contributed by atoms with Crippen LogP contribution in [-0.2, 0) is 11.2 Å². The van der Waals surface area contributed by atoms with E-state index in [9.17, 15) is 4.79 Å². The van der Waals surface area contributed by atoms with Crippen molar-refractivity contribution in [3.05, 3.63) is 71.0 Å². The summed E-state index contributed by atoms with van der Waals surface area (Å²) in [5.74, 6) is 1.22. The van der Waals surface area contributed by atoms with Crippen molar-refractivity contribution >= 4 is 17.7 Å². The zero-order valence-corrected chi connectivity index (χ0v) is 19.0. The third-order valence-electron chi connectivity index (χ3n) is 4.96. The maximum Gasteiger partial charge on any atom is 0.230 e. The van der Waals surface area contributed by atoms with Crippen molar-refractivity contribution in [2.24, 2.45) is 0 Å². The highest BCUT2D eigenvalue weighted by atomic mass is 32.2. The Bertz CT molecular complexity index is 984. The highest BCUT2D eigenvalue weighted by Crippen LogP contribution is 2.26. The zero-order chi connectivity index (χ0) is 21.5. The largest absolute Gasteiger partial charge is 0.353 e. The first-order valence-corrected chi connectivity index (χ1v) is 11.4. The van der Waals surface area contributed by atoms with Crippen molar-refractivity contribution in [3.8, 4) is 5.69 Å². The number of thioether (sulfide) groups is 1. The molecule has 0 spiro atoms. The van der Waals surface area contributed by atoms with E-state index in [0.717, 1.165) is 35.1 Å². The molecule has 1 unspecified atom stereocenters. The molecule has 0 fully saturated rings. The Hall–Kier alpha value is -2.60. The van der Waals surface area contributed by atoms with Crippen LogP contribution in [0, 0.1) is 13.8 Å². The second kappa shape index (κ2) is 10.4. The van der Waals surface area contributed by atoms with E-state index in [0.29, 0.717) is 12.2 Å². The van der Waals surface area contributed by atoms with Gasteiger partial charge in [0.25, 0.3) is 0 Å². The summed E-state index contributed by atoms with van der Waals surface area (Å²) in [6.45, 7) is 8.35. The molecule has 1 amide bonds. The van der Waals surface area contributed by atoms with E-state index >= 15 is 0 Å². The normalized spacial score (nSPS) is 12.0. The van der Waals surface area contributed by atoms with Gasteiger partial charge in [0.15, 0.2) is 5.16 Å². The first kappa shape index (κ1) is 22.1. The molecule has 0 aliphatic carbocycles. The molecule has 0 aliphatic heterocycles. The van der Waals surface area contributed by atoms with Gasteiger partial charge in [0.2, 0.25) is 5.91 Å². The molecular weight excluding hydrogens is 392 g/mol. The van der Waals surface area contributed by atoms with Gasteiger partial charge >= 0.3 is 0 Å². The van der Waals surface area contributed by atoms with E-state index in [2.05, 4.69) is 71.2 Å². The standard InChI is InChI=1S/C24H30N4OS/c1-5-9-19(4)25-23(29)16-30-24-27-26-22(15-20-10-7-6-8-11-20)28(24)21-13-12-17(2)14-18(21)3/h6-8,10-14,19H,5,9,15-16H2,1-4H3,(H,25,29). The quantitative estimate of drug-likeness (QED) is 0.500. The van der Waals surface area contributed by atoms with Crippen LogP contribution >= 0.6 is 11.8 Å². The molecule has 0 radical (unpaired) electrons. The predicted octanol–water partition coefficient (Wildman–Crippen LogP) is 4.87. The molecule has 5 nitrogen and oxygen atoms in total. The maximum absolute atomic E-state index is 12.4. The number of carbonyl (C=O) groups is 1. The van der Waals surface area contributed by atoms with Crippen LogP contribution in [0.5, 0.6) is 0 Å². The second-order valence-electron chi connectivity index (χ2n) is 7.73. The zero-order valence-electron chi connectivity index (χ0n) is 18.2. The minimum Gasteiger partial charge on any atom is -0.353 e. The van der Waals surface area contributed by atoms with Crippen LogP contribution < -0.4 is 5.32 Å². The number of aromatic nitrogens is 3. The van der Waals surface area contributed by atoms with Gasteiger partial charge in [-0.25, -0.2) is 0 Å². The van der Waals surface area contributed by atoms with Crippen LogP contribution in [-0.4, -0.2) is 32.5 Å². The summed E-state index contributed by atoms with van der Waals surface area (Å²) in [7, 11) is 0. The number of nitrogens with zero attached hydrogens (tertiary/aromatic N) is 3. The van der Waals surface area contributed by atoms with Crippen molar-refractivity contribution in [3.63, 3.8) is 0 Å². The van der Waals surface area contributed by atoms with Gasteiger partial charge in [-0.2, -0.15) is 0 Å². The number of nitrogens with one attached hydrogen (secondary N) is 1. The van der Waals surface area contributed by atoms with Crippen LogP contribution in [0.4, 0.5) is 0 Å². The number of benzene rings is 2. The van der Waals surface area contributed by atoms with Crippen molar-refractivity contribution in [1.29, 1.82) is 0 Å². The van der Waals surface area contributed by atoms with Gasteiger partial charge in [0.1, 0.15) is 5.82 Å². The SMILES string of the molecule is CCCC(C)NC(=O)CSc1nnc(Cc2ccccc2)n1-c1ccc(C)cc1C. The summed E-state index contributed by atoms with van der Waals surface area (Å²) in [6, 6.07) is 16.8. The highest BCUT2D eigenvalue weighted by Gasteiger charge is 2.18. The van der Waals surface area contributed by atoms with Crippen LogP contribution in [0.3, 0.4) is 0 Å². The average Bonchev–Trinajstić information content (AvgIpc) is 3.09. The predicted molar refractivity (Wildman–Crippen MR) is 123 cm³/mol. The third-order valence-corrected chi connectivity index (χ3v) is 5.89. The van der Waals surface area contributed by atoms with Gasteiger partial charge < -0.3 is 5.32 Å². The molecule has 1 aromatic heterocycles. The number of aryl methyl sites for hydroxylation is 2. The van der Waals surface area contributed by atoms with Crippen molar-refractivity contribution < 1.29 is 4.79 Å². The molecule has 3 rings (SSSR count). The van der Waals surface area contributed by atoms with Gasteiger partial charge in [0, 0.05) is 12.5 Å². The Balaban J connectivity index is 1.86. The molecular formula is C24H30N4OS. The summed E-state index contributed by atoms with van der Waals surface area (Å²) in [4.78, 5) is 12.4. The Morgan fingerprint density at radius 3 is 2.60 bits per heavy atom. The van der Waals surface area contributed by atoms with E-state index in [1.54, 1.807) is 0 Å². The lowest BCUT2D eigenvalue weighted by Crippen LogP contribution is -2.33. The molecule has 30 heavy (non-hydrogen) atoms. The van der Waals surface area contributed by atoms with Gasteiger partial charge in [-0.15, -0.1) is 10.2 Å².